The van der Waals surface area contributed by atoms with E-state index in [1.165, 1.54) is 37.4 Å². The molecule has 2 rings (SSSR count). The molecule has 0 aliphatic rings. The molecule has 2 N–H and O–H groups in total. The van der Waals surface area contributed by atoms with E-state index in [4.69, 9.17) is 21.1 Å². The van der Waals surface area contributed by atoms with Crippen LogP contribution < -0.4 is 14.8 Å². The molecule has 8 heteroatoms. The lowest BCUT2D eigenvalue weighted by molar-refractivity contribution is 0.0597. The van der Waals surface area contributed by atoms with Crippen LogP contribution in [0, 0.1) is 0 Å². The Morgan fingerprint density at radius 2 is 1.93 bits per heavy atom. The SMILES string of the molecule is CCCOc1c(Cl)cc(C(=O)Nc2cccc(C(=O)OC)c2O)cc1OCC. The van der Waals surface area contributed by atoms with Gasteiger partial charge >= 0.3 is 5.97 Å². The molecule has 0 spiro atoms. The zero-order valence-electron chi connectivity index (χ0n) is 15.9. The molecule has 0 heterocycles. The number of carbonyl (C=O) groups excluding carboxylic acids is 2. The van der Waals surface area contributed by atoms with Crippen molar-refractivity contribution in [3.63, 3.8) is 0 Å². The van der Waals surface area contributed by atoms with Crippen molar-refractivity contribution in [2.75, 3.05) is 25.6 Å². The summed E-state index contributed by atoms with van der Waals surface area (Å²) in [5, 5.41) is 13.0. The number of benzene rings is 2. The van der Waals surface area contributed by atoms with Crippen LogP contribution in [0.3, 0.4) is 0 Å². The second-order valence-electron chi connectivity index (χ2n) is 5.71. The van der Waals surface area contributed by atoms with Gasteiger partial charge in [-0.3, -0.25) is 4.79 Å². The molecule has 0 atom stereocenters. The van der Waals surface area contributed by atoms with Crippen molar-refractivity contribution in [1.29, 1.82) is 0 Å². The largest absolute Gasteiger partial charge is 0.505 e. The molecular formula is C20H22ClNO6. The molecule has 0 unspecified atom stereocenters. The second kappa shape index (κ2) is 9.85. The summed E-state index contributed by atoms with van der Waals surface area (Å²) in [6, 6.07) is 7.33. The minimum absolute atomic E-state index is 0.0587. The highest BCUT2D eigenvalue weighted by Crippen LogP contribution is 2.37. The number of nitrogens with one attached hydrogen (secondary N) is 1. The molecule has 2 aromatic carbocycles. The number of para-hydroxylation sites is 1. The quantitative estimate of drug-likeness (QED) is 0.501. The molecule has 0 aromatic heterocycles. The van der Waals surface area contributed by atoms with Gasteiger partial charge in [0.2, 0.25) is 0 Å². The minimum atomic E-state index is -0.715. The Labute approximate surface area is 168 Å². The van der Waals surface area contributed by atoms with Crippen molar-refractivity contribution in [2.24, 2.45) is 0 Å². The Morgan fingerprint density at radius 3 is 2.57 bits per heavy atom. The van der Waals surface area contributed by atoms with Crippen LogP contribution in [-0.4, -0.2) is 37.3 Å². The molecule has 150 valence electrons. The van der Waals surface area contributed by atoms with E-state index in [0.29, 0.717) is 24.7 Å². The van der Waals surface area contributed by atoms with Crippen LogP contribution in [0.25, 0.3) is 0 Å². The van der Waals surface area contributed by atoms with Gasteiger partial charge in [0.1, 0.15) is 5.56 Å². The van der Waals surface area contributed by atoms with Crippen molar-refractivity contribution in [2.45, 2.75) is 20.3 Å². The van der Waals surface area contributed by atoms with Crippen LogP contribution in [0.1, 0.15) is 41.0 Å². The summed E-state index contributed by atoms with van der Waals surface area (Å²) >= 11 is 6.27. The van der Waals surface area contributed by atoms with E-state index in [9.17, 15) is 14.7 Å². The zero-order valence-corrected chi connectivity index (χ0v) is 16.6. The van der Waals surface area contributed by atoms with Crippen LogP contribution in [0.5, 0.6) is 17.2 Å². The zero-order chi connectivity index (χ0) is 20.7. The summed E-state index contributed by atoms with van der Waals surface area (Å²) in [7, 11) is 1.20. The first kappa shape index (κ1) is 21.4. The molecule has 0 saturated carbocycles. The molecule has 1 amide bonds. The number of phenolic OH excluding ortho intramolecular Hbond substituents is 1. The Morgan fingerprint density at radius 1 is 1.18 bits per heavy atom. The average Bonchev–Trinajstić information content (AvgIpc) is 2.68. The highest BCUT2D eigenvalue weighted by Gasteiger charge is 2.19. The number of ether oxygens (including phenoxy) is 3. The average molecular weight is 408 g/mol. The fourth-order valence-corrected chi connectivity index (χ4v) is 2.68. The maximum absolute atomic E-state index is 12.7. The van der Waals surface area contributed by atoms with Gasteiger partial charge in [0.15, 0.2) is 17.2 Å². The highest BCUT2D eigenvalue weighted by atomic mass is 35.5. The lowest BCUT2D eigenvalue weighted by atomic mass is 10.1. The van der Waals surface area contributed by atoms with Crippen molar-refractivity contribution in [3.05, 3.63) is 46.5 Å². The van der Waals surface area contributed by atoms with E-state index in [-0.39, 0.29) is 27.6 Å². The summed E-state index contributed by atoms with van der Waals surface area (Å²) < 4.78 is 15.8. The van der Waals surface area contributed by atoms with Crippen LogP contribution in [0.15, 0.2) is 30.3 Å². The van der Waals surface area contributed by atoms with Crippen LogP contribution >= 0.6 is 11.6 Å². The summed E-state index contributed by atoms with van der Waals surface area (Å²) in [5.74, 6) is -0.921. The number of hydrogen-bond donors (Lipinski definition) is 2. The minimum Gasteiger partial charge on any atom is -0.505 e. The van der Waals surface area contributed by atoms with E-state index >= 15 is 0 Å². The topological polar surface area (TPSA) is 94.1 Å². The maximum atomic E-state index is 12.7. The predicted molar refractivity (Wildman–Crippen MR) is 106 cm³/mol. The Hall–Kier alpha value is -2.93. The number of methoxy groups -OCH3 is 1. The molecule has 0 aliphatic heterocycles. The molecule has 28 heavy (non-hydrogen) atoms. The van der Waals surface area contributed by atoms with Crippen LogP contribution in [-0.2, 0) is 4.74 Å². The van der Waals surface area contributed by atoms with Gasteiger partial charge in [0.05, 0.1) is 31.0 Å². The number of aromatic hydroxyl groups is 1. The summed E-state index contributed by atoms with van der Waals surface area (Å²) in [4.78, 5) is 24.3. The first-order valence-electron chi connectivity index (χ1n) is 8.73. The van der Waals surface area contributed by atoms with Crippen molar-refractivity contribution in [1.82, 2.24) is 0 Å². The van der Waals surface area contributed by atoms with Crippen molar-refractivity contribution >= 4 is 29.2 Å². The van der Waals surface area contributed by atoms with E-state index in [1.54, 1.807) is 6.92 Å². The Bertz CT molecular complexity index is 868. The van der Waals surface area contributed by atoms with Gasteiger partial charge < -0.3 is 24.6 Å². The number of anilines is 1. The standard InChI is InChI=1S/C20H22ClNO6/c1-4-9-28-18-14(21)10-12(11-16(18)27-5-2)19(24)22-15-8-6-7-13(17(15)23)20(25)26-3/h6-8,10-11,23H,4-5,9H2,1-3H3,(H,22,24). The number of rotatable bonds is 8. The van der Waals surface area contributed by atoms with E-state index in [0.717, 1.165) is 6.42 Å². The maximum Gasteiger partial charge on any atom is 0.341 e. The summed E-state index contributed by atoms with van der Waals surface area (Å²) in [6.07, 6.45) is 0.792. The number of phenols is 1. The Balaban J connectivity index is 2.33. The van der Waals surface area contributed by atoms with E-state index < -0.39 is 11.9 Å². The van der Waals surface area contributed by atoms with Gasteiger partial charge in [-0.1, -0.05) is 24.6 Å². The smallest absolute Gasteiger partial charge is 0.341 e. The van der Waals surface area contributed by atoms with Gasteiger partial charge in [0.25, 0.3) is 5.91 Å². The lowest BCUT2D eigenvalue weighted by Gasteiger charge is -2.15. The molecule has 0 radical (unpaired) electrons. The third-order valence-corrected chi connectivity index (χ3v) is 3.99. The van der Waals surface area contributed by atoms with E-state index in [1.807, 2.05) is 6.92 Å². The predicted octanol–water partition coefficient (Wildman–Crippen LogP) is 4.27. The molecule has 0 saturated heterocycles. The molecule has 0 bridgehead atoms. The van der Waals surface area contributed by atoms with Gasteiger partial charge in [-0.25, -0.2) is 4.79 Å². The molecular weight excluding hydrogens is 386 g/mol. The third-order valence-electron chi connectivity index (χ3n) is 3.71. The van der Waals surface area contributed by atoms with Gasteiger partial charge in [-0.2, -0.15) is 0 Å². The second-order valence-corrected chi connectivity index (χ2v) is 6.12. The lowest BCUT2D eigenvalue weighted by Crippen LogP contribution is -2.14. The highest BCUT2D eigenvalue weighted by molar-refractivity contribution is 6.32. The number of halogens is 1. The van der Waals surface area contributed by atoms with Crippen molar-refractivity contribution < 1.29 is 28.9 Å². The fourth-order valence-electron chi connectivity index (χ4n) is 2.42. The fraction of sp³-hybridized carbons (Fsp3) is 0.300. The van der Waals surface area contributed by atoms with Gasteiger partial charge in [0, 0.05) is 5.56 Å². The first-order chi connectivity index (χ1) is 13.4. The monoisotopic (exact) mass is 407 g/mol. The number of esters is 1. The Kier molecular flexibility index (Phi) is 7.52. The molecule has 0 aliphatic carbocycles. The van der Waals surface area contributed by atoms with Crippen LogP contribution in [0.2, 0.25) is 5.02 Å². The molecule has 0 fully saturated rings. The third kappa shape index (κ3) is 4.86. The summed E-state index contributed by atoms with van der Waals surface area (Å²) in [5.41, 5.74) is 0.213. The van der Waals surface area contributed by atoms with E-state index in [2.05, 4.69) is 10.1 Å². The normalized spacial score (nSPS) is 10.3. The van der Waals surface area contributed by atoms with Crippen LogP contribution in [0.4, 0.5) is 5.69 Å². The molecule has 7 nitrogen and oxygen atoms in total. The number of hydrogen-bond acceptors (Lipinski definition) is 6. The number of amides is 1. The first-order valence-corrected chi connectivity index (χ1v) is 9.11. The van der Waals surface area contributed by atoms with Gasteiger partial charge in [-0.05, 0) is 37.6 Å². The summed E-state index contributed by atoms with van der Waals surface area (Å²) in [6.45, 7) is 4.59. The van der Waals surface area contributed by atoms with Gasteiger partial charge in [-0.15, -0.1) is 0 Å². The molecule has 2 aromatic rings. The van der Waals surface area contributed by atoms with Crippen molar-refractivity contribution in [3.8, 4) is 17.2 Å². The number of carbonyl (C=O) groups is 2.